The molecule has 0 radical (unpaired) electrons. The lowest BCUT2D eigenvalue weighted by Gasteiger charge is -2.02. The Labute approximate surface area is 146 Å². The van der Waals surface area contributed by atoms with Crippen molar-refractivity contribution in [3.8, 4) is 0 Å². The van der Waals surface area contributed by atoms with Gasteiger partial charge in [0.05, 0.1) is 6.42 Å². The Kier molecular flexibility index (Phi) is 5.27. The first-order valence-electron chi connectivity index (χ1n) is 7.32. The molecule has 6 nitrogen and oxygen atoms in total. The first kappa shape index (κ1) is 16.7. The van der Waals surface area contributed by atoms with Crippen LogP contribution in [0.4, 0.5) is 0 Å². The van der Waals surface area contributed by atoms with Gasteiger partial charge in [0.15, 0.2) is 5.01 Å². The fraction of sp³-hybridized carbons (Fsp3) is 0.250. The molecule has 0 aliphatic carbocycles. The third-order valence-corrected chi connectivity index (χ3v) is 4.99. The fourth-order valence-corrected chi connectivity index (χ4v) is 3.71. The van der Waals surface area contributed by atoms with Crippen LogP contribution in [0.15, 0.2) is 46.1 Å². The van der Waals surface area contributed by atoms with Gasteiger partial charge < -0.3 is 4.74 Å². The molecule has 0 saturated carbocycles. The van der Waals surface area contributed by atoms with Crippen molar-refractivity contribution in [2.45, 2.75) is 24.8 Å². The Balaban J connectivity index is 1.51. The van der Waals surface area contributed by atoms with Gasteiger partial charge in [-0.15, -0.1) is 11.8 Å². The Morgan fingerprint density at radius 3 is 2.92 bits per heavy atom. The van der Waals surface area contributed by atoms with Crippen molar-refractivity contribution in [3.05, 3.63) is 57.5 Å². The first-order valence-corrected chi connectivity index (χ1v) is 9.12. The Morgan fingerprint density at radius 2 is 2.12 bits per heavy atom. The monoisotopic (exact) mass is 361 g/mol. The zero-order chi connectivity index (χ0) is 16.9. The zero-order valence-electron chi connectivity index (χ0n) is 13.0. The van der Waals surface area contributed by atoms with Crippen molar-refractivity contribution in [2.75, 3.05) is 5.75 Å². The summed E-state index contributed by atoms with van der Waals surface area (Å²) in [6, 6.07) is 11.3. The predicted octanol–water partition coefficient (Wildman–Crippen LogP) is 2.69. The molecule has 0 fully saturated rings. The summed E-state index contributed by atoms with van der Waals surface area (Å²) in [5.74, 6) is 0.372. The Hall–Kier alpha value is -2.19. The lowest BCUT2D eigenvalue weighted by Crippen LogP contribution is -2.14. The van der Waals surface area contributed by atoms with Crippen LogP contribution in [0.3, 0.4) is 0 Å². The van der Waals surface area contributed by atoms with Crippen molar-refractivity contribution in [1.82, 2.24) is 14.6 Å². The summed E-state index contributed by atoms with van der Waals surface area (Å²) in [7, 11) is 0. The maximum absolute atomic E-state index is 11.8. The van der Waals surface area contributed by atoms with Crippen LogP contribution >= 0.6 is 23.1 Å². The Bertz CT molecular complexity index is 906. The summed E-state index contributed by atoms with van der Waals surface area (Å²) >= 11 is 2.86. The van der Waals surface area contributed by atoms with Crippen LogP contribution in [-0.2, 0) is 16.1 Å². The number of aryl methyl sites for hydroxylation is 1. The molecule has 0 bridgehead atoms. The lowest BCUT2D eigenvalue weighted by molar-refractivity contribution is -0.144. The maximum Gasteiger partial charge on any atom is 0.307 e. The molecule has 0 saturated heterocycles. The van der Waals surface area contributed by atoms with Gasteiger partial charge in [-0.2, -0.15) is 9.61 Å². The second-order valence-corrected chi connectivity index (χ2v) is 7.21. The molecule has 2 aromatic heterocycles. The lowest BCUT2D eigenvalue weighted by atomic mass is 10.4. The van der Waals surface area contributed by atoms with Crippen LogP contribution < -0.4 is 5.56 Å². The minimum absolute atomic E-state index is 0.0569. The average molecular weight is 361 g/mol. The molecule has 3 rings (SSSR count). The van der Waals surface area contributed by atoms with Gasteiger partial charge in [-0.3, -0.25) is 9.59 Å². The number of ether oxygens (including phenoxy) is 1. The summed E-state index contributed by atoms with van der Waals surface area (Å²) in [6.07, 6.45) is 0.321. The van der Waals surface area contributed by atoms with E-state index < -0.39 is 0 Å². The van der Waals surface area contributed by atoms with Gasteiger partial charge in [0.1, 0.15) is 6.61 Å². The first-order chi connectivity index (χ1) is 11.6. The van der Waals surface area contributed by atoms with Crippen LogP contribution in [0.1, 0.15) is 17.1 Å². The Morgan fingerprint density at radius 1 is 1.33 bits per heavy atom. The molecule has 124 valence electrons. The number of hydrogen-bond acceptors (Lipinski definition) is 7. The smallest absolute Gasteiger partial charge is 0.307 e. The van der Waals surface area contributed by atoms with Gasteiger partial charge in [-0.25, -0.2) is 4.98 Å². The highest BCUT2D eigenvalue weighted by molar-refractivity contribution is 7.99. The van der Waals surface area contributed by atoms with Gasteiger partial charge in [-0.1, -0.05) is 29.5 Å². The maximum atomic E-state index is 11.8. The summed E-state index contributed by atoms with van der Waals surface area (Å²) in [5, 5.41) is 4.68. The highest BCUT2D eigenvalue weighted by Crippen LogP contribution is 2.18. The number of benzene rings is 1. The van der Waals surface area contributed by atoms with E-state index in [4.69, 9.17) is 4.74 Å². The molecule has 0 N–H and O–H groups in total. The number of aromatic nitrogens is 3. The van der Waals surface area contributed by atoms with E-state index in [1.54, 1.807) is 18.7 Å². The minimum atomic E-state index is -0.283. The van der Waals surface area contributed by atoms with E-state index >= 15 is 0 Å². The van der Waals surface area contributed by atoms with Crippen molar-refractivity contribution >= 4 is 34.0 Å². The van der Waals surface area contributed by atoms with Crippen LogP contribution in [-0.4, -0.2) is 26.3 Å². The third kappa shape index (κ3) is 4.21. The molecule has 0 spiro atoms. The molecule has 0 atom stereocenters. The van der Waals surface area contributed by atoms with E-state index in [1.807, 2.05) is 30.3 Å². The van der Waals surface area contributed by atoms with E-state index in [9.17, 15) is 9.59 Å². The molecule has 24 heavy (non-hydrogen) atoms. The topological polar surface area (TPSA) is 73.6 Å². The van der Waals surface area contributed by atoms with Gasteiger partial charge in [0.2, 0.25) is 4.96 Å². The van der Waals surface area contributed by atoms with E-state index in [0.717, 1.165) is 4.90 Å². The van der Waals surface area contributed by atoms with E-state index in [-0.39, 0.29) is 18.1 Å². The molecule has 2 heterocycles. The molecular weight excluding hydrogens is 346 g/mol. The summed E-state index contributed by atoms with van der Waals surface area (Å²) in [5.41, 5.74) is 0.413. The molecule has 0 aliphatic heterocycles. The molecule has 8 heteroatoms. The van der Waals surface area contributed by atoms with Gasteiger partial charge >= 0.3 is 5.97 Å². The minimum Gasteiger partial charge on any atom is -0.458 e. The number of carbonyl (C=O) groups is 1. The molecular formula is C16H15N3O3S2. The molecule has 0 unspecified atom stereocenters. The quantitative estimate of drug-likeness (QED) is 0.496. The molecule has 1 aromatic carbocycles. The molecule has 0 aliphatic rings. The van der Waals surface area contributed by atoms with Crippen molar-refractivity contribution in [3.63, 3.8) is 0 Å². The normalized spacial score (nSPS) is 10.9. The second-order valence-electron chi connectivity index (χ2n) is 5.00. The highest BCUT2D eigenvalue weighted by Gasteiger charge is 2.10. The standard InChI is InChI=1S/C16H15N3O3S2/c1-11-9-14(20)19-16(17-11)24-13(18-19)10-22-15(21)7-8-23-12-5-3-2-4-6-12/h2-6,9H,7-8,10H2,1H3. The van der Waals surface area contributed by atoms with Gasteiger partial charge in [0.25, 0.3) is 5.56 Å². The highest BCUT2D eigenvalue weighted by atomic mass is 32.2. The summed E-state index contributed by atoms with van der Waals surface area (Å²) < 4.78 is 6.45. The van der Waals surface area contributed by atoms with Crippen LogP contribution in [0.2, 0.25) is 0 Å². The van der Waals surface area contributed by atoms with Crippen molar-refractivity contribution < 1.29 is 9.53 Å². The van der Waals surface area contributed by atoms with Crippen LogP contribution in [0.5, 0.6) is 0 Å². The van der Waals surface area contributed by atoms with Gasteiger partial charge in [-0.05, 0) is 19.1 Å². The number of esters is 1. The zero-order valence-corrected chi connectivity index (χ0v) is 14.6. The van der Waals surface area contributed by atoms with Crippen molar-refractivity contribution in [2.24, 2.45) is 0 Å². The fourth-order valence-electron chi connectivity index (χ4n) is 2.00. The number of fused-ring (bicyclic) bond motifs is 1. The van der Waals surface area contributed by atoms with Crippen LogP contribution in [0.25, 0.3) is 4.96 Å². The number of hydrogen-bond donors (Lipinski definition) is 0. The number of rotatable bonds is 6. The van der Waals surface area contributed by atoms with Crippen molar-refractivity contribution in [1.29, 1.82) is 0 Å². The third-order valence-electron chi connectivity index (χ3n) is 3.09. The second kappa shape index (κ2) is 7.59. The number of nitrogens with zero attached hydrogens (tertiary/aromatic N) is 3. The predicted molar refractivity (Wildman–Crippen MR) is 93.5 cm³/mol. The average Bonchev–Trinajstić information content (AvgIpc) is 2.97. The SMILES string of the molecule is Cc1cc(=O)n2nc(COC(=O)CCSc3ccccc3)sc2n1. The van der Waals surface area contributed by atoms with E-state index in [0.29, 0.717) is 27.8 Å². The summed E-state index contributed by atoms with van der Waals surface area (Å²) in [6.45, 7) is 1.81. The summed E-state index contributed by atoms with van der Waals surface area (Å²) in [4.78, 5) is 29.5. The largest absolute Gasteiger partial charge is 0.458 e. The van der Waals surface area contributed by atoms with E-state index in [2.05, 4.69) is 10.1 Å². The molecule has 0 amide bonds. The number of thioether (sulfide) groups is 1. The molecule has 3 aromatic rings. The number of carbonyl (C=O) groups excluding carboxylic acids is 1. The van der Waals surface area contributed by atoms with Gasteiger partial charge in [0, 0.05) is 22.4 Å². The van der Waals surface area contributed by atoms with E-state index in [1.165, 1.54) is 21.9 Å². The van der Waals surface area contributed by atoms with Crippen LogP contribution in [0, 0.1) is 6.92 Å².